The zero-order valence-electron chi connectivity index (χ0n) is 9.12. The molecule has 1 fully saturated rings. The molecule has 0 atom stereocenters. The fourth-order valence-electron chi connectivity index (χ4n) is 1.75. The molecule has 1 aromatic carbocycles. The van der Waals surface area contributed by atoms with E-state index in [4.69, 9.17) is 15.2 Å². The molecule has 3 nitrogen and oxygen atoms in total. The molecular weight excluding hydrogens is 270 g/mol. The Morgan fingerprint density at radius 1 is 1.38 bits per heavy atom. The molecule has 0 amide bonds. The van der Waals surface area contributed by atoms with Crippen molar-refractivity contribution in [2.24, 2.45) is 5.92 Å². The smallest absolute Gasteiger partial charge is 0.135 e. The molecule has 2 N–H and O–H groups in total. The van der Waals surface area contributed by atoms with Gasteiger partial charge in [-0.2, -0.15) is 0 Å². The van der Waals surface area contributed by atoms with Crippen LogP contribution in [0.15, 0.2) is 22.7 Å². The molecule has 1 aliphatic rings. The van der Waals surface area contributed by atoms with Crippen LogP contribution in [0.2, 0.25) is 0 Å². The third-order valence-electron chi connectivity index (χ3n) is 2.77. The number of rotatable bonds is 3. The maximum absolute atomic E-state index is 5.77. The first-order chi connectivity index (χ1) is 7.75. The normalized spacial score (nSPS) is 17.3. The summed E-state index contributed by atoms with van der Waals surface area (Å²) in [5.74, 6) is 1.42. The number of ether oxygens (including phenoxy) is 2. The highest BCUT2D eigenvalue weighted by molar-refractivity contribution is 9.10. The van der Waals surface area contributed by atoms with Gasteiger partial charge in [0.1, 0.15) is 5.75 Å². The van der Waals surface area contributed by atoms with Crippen LogP contribution in [0.1, 0.15) is 12.8 Å². The van der Waals surface area contributed by atoms with Crippen LogP contribution < -0.4 is 10.5 Å². The number of anilines is 1. The first kappa shape index (κ1) is 11.7. The van der Waals surface area contributed by atoms with Crippen molar-refractivity contribution >= 4 is 21.6 Å². The molecule has 0 bridgehead atoms. The molecule has 1 aromatic rings. The van der Waals surface area contributed by atoms with E-state index in [-0.39, 0.29) is 0 Å². The van der Waals surface area contributed by atoms with Gasteiger partial charge in [0.25, 0.3) is 0 Å². The van der Waals surface area contributed by atoms with Crippen LogP contribution in [0.5, 0.6) is 5.75 Å². The Hall–Kier alpha value is -0.740. The van der Waals surface area contributed by atoms with Gasteiger partial charge in [-0.1, -0.05) is 0 Å². The first-order valence-corrected chi connectivity index (χ1v) is 6.30. The molecule has 1 saturated heterocycles. The van der Waals surface area contributed by atoms with Gasteiger partial charge in [-0.3, -0.25) is 0 Å². The van der Waals surface area contributed by atoms with Crippen molar-refractivity contribution in [1.29, 1.82) is 0 Å². The Morgan fingerprint density at radius 3 is 2.88 bits per heavy atom. The van der Waals surface area contributed by atoms with Crippen molar-refractivity contribution in [1.82, 2.24) is 0 Å². The third-order valence-corrected chi connectivity index (χ3v) is 3.43. The summed E-state index contributed by atoms with van der Waals surface area (Å²) < 4.78 is 12.0. The van der Waals surface area contributed by atoms with Gasteiger partial charge in [0.2, 0.25) is 0 Å². The van der Waals surface area contributed by atoms with E-state index in [9.17, 15) is 0 Å². The van der Waals surface area contributed by atoms with E-state index in [0.29, 0.717) is 5.92 Å². The fourth-order valence-corrected chi connectivity index (χ4v) is 2.11. The largest absolute Gasteiger partial charge is 0.492 e. The molecule has 4 heteroatoms. The number of nitrogen functional groups attached to an aromatic ring is 1. The highest BCUT2D eigenvalue weighted by Gasteiger charge is 2.14. The molecule has 1 aliphatic heterocycles. The maximum Gasteiger partial charge on any atom is 0.135 e. The predicted molar refractivity (Wildman–Crippen MR) is 67.6 cm³/mol. The summed E-state index contributed by atoms with van der Waals surface area (Å²) in [5.41, 5.74) is 6.44. The first-order valence-electron chi connectivity index (χ1n) is 5.51. The Kier molecular flexibility index (Phi) is 4.07. The number of benzene rings is 1. The fraction of sp³-hybridized carbons (Fsp3) is 0.500. The van der Waals surface area contributed by atoms with Gasteiger partial charge in [0.05, 0.1) is 11.1 Å². The second-order valence-electron chi connectivity index (χ2n) is 4.06. The lowest BCUT2D eigenvalue weighted by atomic mass is 10.0. The minimum absolute atomic E-state index is 0.599. The molecule has 0 radical (unpaired) electrons. The van der Waals surface area contributed by atoms with E-state index < -0.39 is 0 Å². The lowest BCUT2D eigenvalue weighted by molar-refractivity contribution is 0.0496. The molecule has 1 heterocycles. The van der Waals surface area contributed by atoms with E-state index >= 15 is 0 Å². The van der Waals surface area contributed by atoms with E-state index in [1.165, 1.54) is 0 Å². The number of nitrogens with two attached hydrogens (primary N) is 1. The van der Waals surface area contributed by atoms with Gasteiger partial charge in [-0.25, -0.2) is 0 Å². The molecule has 88 valence electrons. The average molecular weight is 286 g/mol. The van der Waals surface area contributed by atoms with Gasteiger partial charge in [-0.05, 0) is 46.8 Å². The monoisotopic (exact) mass is 285 g/mol. The summed E-state index contributed by atoms with van der Waals surface area (Å²) in [5, 5.41) is 0. The van der Waals surface area contributed by atoms with Crippen molar-refractivity contribution in [3.63, 3.8) is 0 Å². The Morgan fingerprint density at radius 2 is 2.12 bits per heavy atom. The summed E-state index contributed by atoms with van der Waals surface area (Å²) in [7, 11) is 0. The summed E-state index contributed by atoms with van der Waals surface area (Å²) in [6.07, 6.45) is 2.17. The van der Waals surface area contributed by atoms with E-state index in [2.05, 4.69) is 15.9 Å². The number of hydrogen-bond donors (Lipinski definition) is 1. The van der Waals surface area contributed by atoms with Crippen molar-refractivity contribution in [3.05, 3.63) is 22.7 Å². The van der Waals surface area contributed by atoms with Gasteiger partial charge in [0, 0.05) is 25.0 Å². The third kappa shape index (κ3) is 3.12. The predicted octanol–water partition coefficient (Wildman–Crippen LogP) is 2.84. The van der Waals surface area contributed by atoms with Gasteiger partial charge in [0.15, 0.2) is 0 Å². The SMILES string of the molecule is Nc1ccc(Br)c(OCC2CCOCC2)c1. The molecule has 2 rings (SSSR count). The zero-order chi connectivity index (χ0) is 11.4. The molecule has 0 spiro atoms. The second-order valence-corrected chi connectivity index (χ2v) is 4.91. The molecule has 0 saturated carbocycles. The van der Waals surface area contributed by atoms with Crippen LogP contribution in [0.3, 0.4) is 0 Å². The van der Waals surface area contributed by atoms with Crippen LogP contribution in [-0.4, -0.2) is 19.8 Å². The molecule has 0 unspecified atom stereocenters. The Labute approximate surface area is 104 Å². The summed E-state index contributed by atoms with van der Waals surface area (Å²) in [6, 6.07) is 5.61. The van der Waals surface area contributed by atoms with E-state index in [0.717, 1.165) is 48.6 Å². The second kappa shape index (κ2) is 5.55. The summed E-state index contributed by atoms with van der Waals surface area (Å²) in [4.78, 5) is 0. The summed E-state index contributed by atoms with van der Waals surface area (Å²) in [6.45, 7) is 2.45. The highest BCUT2D eigenvalue weighted by atomic mass is 79.9. The minimum Gasteiger partial charge on any atom is -0.492 e. The van der Waals surface area contributed by atoms with Crippen molar-refractivity contribution < 1.29 is 9.47 Å². The van der Waals surface area contributed by atoms with Crippen LogP contribution >= 0.6 is 15.9 Å². The van der Waals surface area contributed by atoms with E-state index in [1.54, 1.807) is 0 Å². The highest BCUT2D eigenvalue weighted by Crippen LogP contribution is 2.28. The van der Waals surface area contributed by atoms with Crippen LogP contribution in [0.25, 0.3) is 0 Å². The van der Waals surface area contributed by atoms with E-state index in [1.807, 2.05) is 18.2 Å². The lowest BCUT2D eigenvalue weighted by Crippen LogP contribution is -2.21. The molecule has 16 heavy (non-hydrogen) atoms. The van der Waals surface area contributed by atoms with Crippen molar-refractivity contribution in [2.75, 3.05) is 25.6 Å². The number of hydrogen-bond acceptors (Lipinski definition) is 3. The van der Waals surface area contributed by atoms with Gasteiger partial charge in [-0.15, -0.1) is 0 Å². The molecule has 0 aliphatic carbocycles. The quantitative estimate of drug-likeness (QED) is 0.869. The minimum atomic E-state index is 0.599. The van der Waals surface area contributed by atoms with Crippen molar-refractivity contribution in [3.8, 4) is 5.75 Å². The average Bonchev–Trinajstić information content (AvgIpc) is 2.32. The Balaban J connectivity index is 1.90. The Bertz CT molecular complexity index is 351. The number of halogens is 1. The molecule has 0 aromatic heterocycles. The topological polar surface area (TPSA) is 44.5 Å². The molecular formula is C12H16BrNO2. The van der Waals surface area contributed by atoms with Crippen LogP contribution in [-0.2, 0) is 4.74 Å². The van der Waals surface area contributed by atoms with Crippen LogP contribution in [0.4, 0.5) is 5.69 Å². The van der Waals surface area contributed by atoms with Gasteiger partial charge < -0.3 is 15.2 Å². The standard InChI is InChI=1S/C12H16BrNO2/c13-11-2-1-10(14)7-12(11)16-8-9-3-5-15-6-4-9/h1-2,7,9H,3-6,8,14H2. The lowest BCUT2D eigenvalue weighted by Gasteiger charge is -2.22. The van der Waals surface area contributed by atoms with Gasteiger partial charge >= 0.3 is 0 Å². The van der Waals surface area contributed by atoms with Crippen molar-refractivity contribution in [2.45, 2.75) is 12.8 Å². The zero-order valence-corrected chi connectivity index (χ0v) is 10.7. The summed E-state index contributed by atoms with van der Waals surface area (Å²) >= 11 is 3.45. The maximum atomic E-state index is 5.77. The van der Waals surface area contributed by atoms with Crippen LogP contribution in [0, 0.1) is 5.92 Å².